The second kappa shape index (κ2) is 3.38. The second-order valence-corrected chi connectivity index (χ2v) is 3.50. The summed E-state index contributed by atoms with van der Waals surface area (Å²) >= 11 is 5.53. The van der Waals surface area contributed by atoms with Crippen LogP contribution in [0.25, 0.3) is 0 Å². The second-order valence-electron chi connectivity index (χ2n) is 3.13. The van der Waals surface area contributed by atoms with Gasteiger partial charge in [0.2, 0.25) is 0 Å². The van der Waals surface area contributed by atoms with E-state index in [4.69, 9.17) is 11.6 Å². The number of carbonyl (C=O) groups is 1. The minimum atomic E-state index is 0.0505. The molecule has 0 spiro atoms. The van der Waals surface area contributed by atoms with Crippen LogP contribution in [-0.2, 0) is 4.79 Å². The largest absolute Gasteiger partial charge is 0.303 e. The number of hydrogen-bond donors (Lipinski definition) is 0. The van der Waals surface area contributed by atoms with Crippen molar-refractivity contribution in [3.8, 4) is 0 Å². The molecule has 1 aliphatic rings. The fourth-order valence-corrected chi connectivity index (χ4v) is 1.61. The summed E-state index contributed by atoms with van der Waals surface area (Å²) in [6.45, 7) is 0. The van der Waals surface area contributed by atoms with E-state index in [1.807, 2.05) is 0 Å². The number of alkyl halides is 1. The molecule has 0 N–H and O–H groups in total. The van der Waals surface area contributed by atoms with Gasteiger partial charge in [0.25, 0.3) is 0 Å². The Bertz CT molecular complexity index is 118. The van der Waals surface area contributed by atoms with Gasteiger partial charge in [-0.25, -0.2) is 0 Å². The van der Waals surface area contributed by atoms with Crippen LogP contribution in [-0.4, -0.2) is 12.2 Å². The number of rotatable bonds is 4. The molecular formula is C8H13ClO. The minimum Gasteiger partial charge on any atom is -0.303 e. The van der Waals surface area contributed by atoms with Crippen LogP contribution in [0.3, 0.4) is 0 Å². The lowest BCUT2D eigenvalue weighted by molar-refractivity contribution is -0.120. The molecule has 0 amide bonds. The van der Waals surface area contributed by atoms with Crippen molar-refractivity contribution < 1.29 is 4.79 Å². The fourth-order valence-electron chi connectivity index (χ4n) is 1.48. The molecule has 1 fully saturated rings. The van der Waals surface area contributed by atoms with Crippen molar-refractivity contribution in [2.24, 2.45) is 5.41 Å². The van der Waals surface area contributed by atoms with E-state index in [1.54, 1.807) is 0 Å². The molecule has 0 aromatic heterocycles. The molecule has 0 bridgehead atoms. The van der Waals surface area contributed by atoms with E-state index in [-0.39, 0.29) is 5.41 Å². The van der Waals surface area contributed by atoms with Crippen LogP contribution in [0, 0.1) is 5.41 Å². The third-order valence-corrected chi connectivity index (χ3v) is 2.67. The van der Waals surface area contributed by atoms with Crippen molar-refractivity contribution in [3.63, 3.8) is 0 Å². The van der Waals surface area contributed by atoms with Crippen LogP contribution in [0.15, 0.2) is 0 Å². The summed E-state index contributed by atoms with van der Waals surface area (Å²) in [4.78, 5) is 10.6. The molecule has 1 rings (SSSR count). The lowest BCUT2D eigenvalue weighted by Gasteiger charge is -2.36. The SMILES string of the molecule is O=CC1(CCCCl)CCC1. The maximum absolute atomic E-state index is 10.6. The van der Waals surface area contributed by atoms with Crippen LogP contribution >= 0.6 is 11.6 Å². The van der Waals surface area contributed by atoms with E-state index in [9.17, 15) is 4.79 Å². The van der Waals surface area contributed by atoms with Crippen molar-refractivity contribution in [2.75, 3.05) is 5.88 Å². The zero-order valence-electron chi connectivity index (χ0n) is 6.11. The summed E-state index contributed by atoms with van der Waals surface area (Å²) in [5.74, 6) is 0.690. The average molecular weight is 161 g/mol. The molecule has 1 saturated carbocycles. The van der Waals surface area contributed by atoms with Crippen molar-refractivity contribution in [2.45, 2.75) is 32.1 Å². The van der Waals surface area contributed by atoms with Crippen LogP contribution < -0.4 is 0 Å². The highest BCUT2D eigenvalue weighted by atomic mass is 35.5. The predicted octanol–water partition coefficient (Wildman–Crippen LogP) is 2.37. The number of aldehydes is 1. The Hall–Kier alpha value is -0.0400. The first-order chi connectivity index (χ1) is 4.83. The molecule has 1 nitrogen and oxygen atoms in total. The molecule has 0 unspecified atom stereocenters. The lowest BCUT2D eigenvalue weighted by atomic mass is 9.67. The molecule has 1 aliphatic carbocycles. The van der Waals surface area contributed by atoms with Gasteiger partial charge in [0.15, 0.2) is 0 Å². The van der Waals surface area contributed by atoms with Crippen molar-refractivity contribution in [1.82, 2.24) is 0 Å². The van der Waals surface area contributed by atoms with Gasteiger partial charge in [-0.1, -0.05) is 6.42 Å². The third-order valence-electron chi connectivity index (χ3n) is 2.41. The Balaban J connectivity index is 2.26. The molecule has 0 atom stereocenters. The van der Waals surface area contributed by atoms with Crippen molar-refractivity contribution in [3.05, 3.63) is 0 Å². The van der Waals surface area contributed by atoms with Gasteiger partial charge in [-0.3, -0.25) is 0 Å². The molecule has 10 heavy (non-hydrogen) atoms. The highest BCUT2D eigenvalue weighted by Gasteiger charge is 2.35. The summed E-state index contributed by atoms with van der Waals surface area (Å²) in [6.07, 6.45) is 6.52. The fraction of sp³-hybridized carbons (Fsp3) is 0.875. The van der Waals surface area contributed by atoms with E-state index in [1.165, 1.54) is 6.42 Å². The Morgan fingerprint density at radius 2 is 2.20 bits per heavy atom. The van der Waals surface area contributed by atoms with E-state index in [2.05, 4.69) is 0 Å². The maximum atomic E-state index is 10.6. The number of hydrogen-bond acceptors (Lipinski definition) is 1. The molecular weight excluding hydrogens is 148 g/mol. The quantitative estimate of drug-likeness (QED) is 0.456. The topological polar surface area (TPSA) is 17.1 Å². The third kappa shape index (κ3) is 1.51. The molecule has 0 heterocycles. The van der Waals surface area contributed by atoms with E-state index < -0.39 is 0 Å². The lowest BCUT2D eigenvalue weighted by Crippen LogP contribution is -2.30. The first-order valence-corrected chi connectivity index (χ1v) is 4.39. The highest BCUT2D eigenvalue weighted by Crippen LogP contribution is 2.42. The smallest absolute Gasteiger partial charge is 0.126 e. The Kier molecular flexibility index (Phi) is 2.72. The van der Waals surface area contributed by atoms with Crippen molar-refractivity contribution >= 4 is 17.9 Å². The first-order valence-electron chi connectivity index (χ1n) is 3.85. The van der Waals surface area contributed by atoms with Crippen molar-refractivity contribution in [1.29, 1.82) is 0 Å². The summed E-state index contributed by atoms with van der Waals surface area (Å²) in [7, 11) is 0. The van der Waals surface area contributed by atoms with E-state index >= 15 is 0 Å². The van der Waals surface area contributed by atoms with Gasteiger partial charge in [0, 0.05) is 11.3 Å². The molecule has 0 aromatic rings. The van der Waals surface area contributed by atoms with Crippen LogP contribution in [0.1, 0.15) is 32.1 Å². The standard InChI is InChI=1S/C8H13ClO/c9-6-2-5-8(7-10)3-1-4-8/h7H,1-6H2. The number of halogens is 1. The normalized spacial score (nSPS) is 21.7. The first kappa shape index (κ1) is 8.06. The van der Waals surface area contributed by atoms with Crippen LogP contribution in [0.2, 0.25) is 0 Å². The summed E-state index contributed by atoms with van der Waals surface area (Å²) < 4.78 is 0. The van der Waals surface area contributed by atoms with Crippen LogP contribution in [0.5, 0.6) is 0 Å². The Labute approximate surface area is 66.8 Å². The molecule has 58 valence electrons. The highest BCUT2D eigenvalue weighted by molar-refractivity contribution is 6.17. The van der Waals surface area contributed by atoms with Gasteiger partial charge in [-0.2, -0.15) is 0 Å². The van der Waals surface area contributed by atoms with Gasteiger partial charge in [0.1, 0.15) is 6.29 Å². The van der Waals surface area contributed by atoms with Crippen LogP contribution in [0.4, 0.5) is 0 Å². The van der Waals surface area contributed by atoms with Gasteiger partial charge >= 0.3 is 0 Å². The molecule has 0 aromatic carbocycles. The van der Waals surface area contributed by atoms with E-state index in [0.29, 0.717) is 5.88 Å². The molecule has 0 radical (unpaired) electrons. The maximum Gasteiger partial charge on any atom is 0.126 e. The van der Waals surface area contributed by atoms with Gasteiger partial charge in [-0.05, 0) is 25.7 Å². The molecule has 2 heteroatoms. The Morgan fingerprint density at radius 3 is 2.50 bits per heavy atom. The summed E-state index contributed by atoms with van der Waals surface area (Å²) in [5.41, 5.74) is 0.0505. The summed E-state index contributed by atoms with van der Waals surface area (Å²) in [5, 5.41) is 0. The molecule has 0 saturated heterocycles. The van der Waals surface area contributed by atoms with Gasteiger partial charge in [0.05, 0.1) is 0 Å². The molecule has 0 aliphatic heterocycles. The summed E-state index contributed by atoms with van der Waals surface area (Å²) in [6, 6.07) is 0. The zero-order valence-corrected chi connectivity index (χ0v) is 6.86. The zero-order chi connectivity index (χ0) is 7.45. The van der Waals surface area contributed by atoms with Gasteiger partial charge in [-0.15, -0.1) is 11.6 Å². The number of carbonyl (C=O) groups excluding carboxylic acids is 1. The minimum absolute atomic E-state index is 0.0505. The Morgan fingerprint density at radius 1 is 1.50 bits per heavy atom. The monoisotopic (exact) mass is 160 g/mol. The van der Waals surface area contributed by atoms with E-state index in [0.717, 1.165) is 32.0 Å². The van der Waals surface area contributed by atoms with Gasteiger partial charge < -0.3 is 4.79 Å². The predicted molar refractivity (Wildman–Crippen MR) is 42.3 cm³/mol. The average Bonchev–Trinajstić information content (AvgIpc) is 1.87.